The summed E-state index contributed by atoms with van der Waals surface area (Å²) < 4.78 is 5.19. The van der Waals surface area contributed by atoms with E-state index in [0.717, 1.165) is 31.2 Å². The minimum absolute atomic E-state index is 0.0100. The second kappa shape index (κ2) is 7.25. The number of nitrogens with two attached hydrogens (primary N) is 1. The Morgan fingerprint density at radius 3 is 2.52 bits per heavy atom. The maximum atomic E-state index is 12.3. The molecule has 0 radical (unpaired) electrons. The minimum atomic E-state index is -0.269. The standard InChI is InChI=1S/C16H23ClN2O2/c1-21-14(11-18)10-15(20)19-16(8-2-3-9-16)12-4-6-13(17)7-5-12/h4-7,14H,2-3,8-11,18H2,1H3,(H,19,20). The summed E-state index contributed by atoms with van der Waals surface area (Å²) in [5.74, 6) is -0.0100. The summed E-state index contributed by atoms with van der Waals surface area (Å²) >= 11 is 5.96. The van der Waals surface area contributed by atoms with Crippen molar-refractivity contribution in [2.45, 2.75) is 43.7 Å². The summed E-state index contributed by atoms with van der Waals surface area (Å²) in [6, 6.07) is 7.76. The second-order valence-corrected chi connectivity index (χ2v) is 6.08. The third-order valence-corrected chi connectivity index (χ3v) is 4.49. The van der Waals surface area contributed by atoms with Crippen molar-refractivity contribution in [2.75, 3.05) is 13.7 Å². The van der Waals surface area contributed by atoms with Gasteiger partial charge >= 0.3 is 0 Å². The first kappa shape index (κ1) is 16.3. The average molecular weight is 311 g/mol. The minimum Gasteiger partial charge on any atom is -0.380 e. The van der Waals surface area contributed by atoms with Gasteiger partial charge in [-0.3, -0.25) is 4.79 Å². The van der Waals surface area contributed by atoms with Crippen molar-refractivity contribution in [2.24, 2.45) is 5.73 Å². The Morgan fingerprint density at radius 2 is 2.00 bits per heavy atom. The van der Waals surface area contributed by atoms with E-state index in [4.69, 9.17) is 22.1 Å². The summed E-state index contributed by atoms with van der Waals surface area (Å²) in [7, 11) is 1.58. The molecule has 0 aromatic heterocycles. The molecule has 0 spiro atoms. The van der Waals surface area contributed by atoms with Crippen LogP contribution in [0.2, 0.25) is 5.02 Å². The van der Waals surface area contributed by atoms with Crippen LogP contribution < -0.4 is 11.1 Å². The van der Waals surface area contributed by atoms with Crippen molar-refractivity contribution < 1.29 is 9.53 Å². The van der Waals surface area contributed by atoms with Gasteiger partial charge in [0.15, 0.2) is 0 Å². The van der Waals surface area contributed by atoms with Gasteiger partial charge in [0, 0.05) is 18.7 Å². The van der Waals surface area contributed by atoms with Gasteiger partial charge in [0.25, 0.3) is 0 Å². The van der Waals surface area contributed by atoms with Crippen molar-refractivity contribution >= 4 is 17.5 Å². The van der Waals surface area contributed by atoms with E-state index in [-0.39, 0.29) is 17.6 Å². The van der Waals surface area contributed by atoms with Crippen LogP contribution in [0.3, 0.4) is 0 Å². The molecule has 1 aliphatic rings. The van der Waals surface area contributed by atoms with Crippen LogP contribution in [-0.4, -0.2) is 25.7 Å². The molecular formula is C16H23ClN2O2. The molecule has 1 saturated carbocycles. The molecule has 1 fully saturated rings. The topological polar surface area (TPSA) is 64.3 Å². The first-order valence-corrected chi connectivity index (χ1v) is 7.77. The van der Waals surface area contributed by atoms with E-state index in [0.29, 0.717) is 18.0 Å². The number of hydrogen-bond acceptors (Lipinski definition) is 3. The fourth-order valence-corrected chi connectivity index (χ4v) is 3.15. The number of rotatable bonds is 6. The summed E-state index contributed by atoms with van der Waals surface area (Å²) in [4.78, 5) is 12.3. The Labute approximate surface area is 131 Å². The molecule has 1 aromatic rings. The fourth-order valence-electron chi connectivity index (χ4n) is 3.02. The first-order chi connectivity index (χ1) is 10.1. The zero-order valence-corrected chi connectivity index (χ0v) is 13.2. The summed E-state index contributed by atoms with van der Waals surface area (Å²) in [5, 5.41) is 3.92. The highest BCUT2D eigenvalue weighted by Gasteiger charge is 2.37. The lowest BCUT2D eigenvalue weighted by Crippen LogP contribution is -2.45. The third-order valence-electron chi connectivity index (χ3n) is 4.24. The molecule has 0 bridgehead atoms. The number of carbonyl (C=O) groups excluding carboxylic acids is 1. The number of halogens is 1. The van der Waals surface area contributed by atoms with Crippen molar-refractivity contribution in [3.63, 3.8) is 0 Å². The van der Waals surface area contributed by atoms with E-state index >= 15 is 0 Å². The van der Waals surface area contributed by atoms with Crippen LogP contribution in [-0.2, 0) is 15.1 Å². The second-order valence-electron chi connectivity index (χ2n) is 5.64. The summed E-state index contributed by atoms with van der Waals surface area (Å²) in [5.41, 5.74) is 6.44. The van der Waals surface area contributed by atoms with E-state index in [9.17, 15) is 4.79 Å². The molecular weight excluding hydrogens is 288 g/mol. The van der Waals surface area contributed by atoms with Gasteiger partial charge in [-0.2, -0.15) is 0 Å². The van der Waals surface area contributed by atoms with Gasteiger partial charge in [-0.25, -0.2) is 0 Å². The molecule has 0 saturated heterocycles. The van der Waals surface area contributed by atoms with Crippen LogP contribution in [0.25, 0.3) is 0 Å². The van der Waals surface area contributed by atoms with Gasteiger partial charge in [0.05, 0.1) is 18.1 Å². The smallest absolute Gasteiger partial charge is 0.223 e. The molecule has 3 N–H and O–H groups in total. The van der Waals surface area contributed by atoms with E-state index in [2.05, 4.69) is 5.32 Å². The molecule has 1 aliphatic carbocycles. The highest BCUT2D eigenvalue weighted by atomic mass is 35.5. The van der Waals surface area contributed by atoms with Crippen molar-refractivity contribution in [3.05, 3.63) is 34.9 Å². The highest BCUT2D eigenvalue weighted by molar-refractivity contribution is 6.30. The van der Waals surface area contributed by atoms with Crippen LogP contribution in [0.5, 0.6) is 0 Å². The van der Waals surface area contributed by atoms with Crippen LogP contribution in [0.1, 0.15) is 37.7 Å². The lowest BCUT2D eigenvalue weighted by atomic mass is 9.88. The quantitative estimate of drug-likeness (QED) is 0.849. The lowest BCUT2D eigenvalue weighted by Gasteiger charge is -2.31. The first-order valence-electron chi connectivity index (χ1n) is 7.39. The number of hydrogen-bond donors (Lipinski definition) is 2. The number of nitrogens with one attached hydrogen (secondary N) is 1. The van der Waals surface area contributed by atoms with E-state index in [1.54, 1.807) is 7.11 Å². The largest absolute Gasteiger partial charge is 0.380 e. The zero-order chi connectivity index (χ0) is 15.3. The van der Waals surface area contributed by atoms with Gasteiger partial charge in [0.2, 0.25) is 5.91 Å². The van der Waals surface area contributed by atoms with Crippen LogP contribution in [0, 0.1) is 0 Å². The van der Waals surface area contributed by atoms with E-state index < -0.39 is 0 Å². The number of ether oxygens (including phenoxy) is 1. The van der Waals surface area contributed by atoms with Gasteiger partial charge in [0.1, 0.15) is 0 Å². The Balaban J connectivity index is 2.11. The van der Waals surface area contributed by atoms with Crippen LogP contribution in [0.4, 0.5) is 0 Å². The molecule has 116 valence electrons. The summed E-state index contributed by atoms with van der Waals surface area (Å²) in [6.45, 7) is 0.345. The molecule has 0 heterocycles. The molecule has 21 heavy (non-hydrogen) atoms. The molecule has 2 rings (SSSR count). The monoisotopic (exact) mass is 310 g/mol. The number of methoxy groups -OCH3 is 1. The van der Waals surface area contributed by atoms with Crippen molar-refractivity contribution in [1.29, 1.82) is 0 Å². The number of carbonyl (C=O) groups is 1. The Kier molecular flexibility index (Phi) is 5.62. The Bertz CT molecular complexity index is 466. The predicted octanol–water partition coefficient (Wildman–Crippen LogP) is 2.59. The van der Waals surface area contributed by atoms with Gasteiger partial charge in [-0.05, 0) is 30.5 Å². The maximum Gasteiger partial charge on any atom is 0.223 e. The maximum absolute atomic E-state index is 12.3. The molecule has 0 aliphatic heterocycles. The molecule has 1 amide bonds. The van der Waals surface area contributed by atoms with Crippen molar-refractivity contribution in [1.82, 2.24) is 5.32 Å². The molecule has 1 atom stereocenters. The normalized spacial score (nSPS) is 18.4. The van der Waals surface area contributed by atoms with Crippen molar-refractivity contribution in [3.8, 4) is 0 Å². The SMILES string of the molecule is COC(CN)CC(=O)NC1(c2ccc(Cl)cc2)CCCC1. The summed E-state index contributed by atoms with van der Waals surface area (Å²) in [6.07, 6.45) is 4.22. The fraction of sp³-hybridized carbons (Fsp3) is 0.562. The average Bonchev–Trinajstić information content (AvgIpc) is 2.95. The predicted molar refractivity (Wildman–Crippen MR) is 84.2 cm³/mol. The van der Waals surface area contributed by atoms with Crippen LogP contribution in [0.15, 0.2) is 24.3 Å². The Hall–Kier alpha value is -1.10. The number of amides is 1. The third kappa shape index (κ3) is 3.96. The number of benzene rings is 1. The lowest BCUT2D eigenvalue weighted by molar-refractivity contribution is -0.125. The molecule has 5 heteroatoms. The molecule has 1 aromatic carbocycles. The molecule has 4 nitrogen and oxygen atoms in total. The Morgan fingerprint density at radius 1 is 1.38 bits per heavy atom. The van der Waals surface area contributed by atoms with Gasteiger partial charge in [-0.15, -0.1) is 0 Å². The zero-order valence-electron chi connectivity index (χ0n) is 12.4. The van der Waals surface area contributed by atoms with Gasteiger partial charge < -0.3 is 15.8 Å². The van der Waals surface area contributed by atoms with E-state index in [1.165, 1.54) is 0 Å². The molecule has 1 unspecified atom stereocenters. The highest BCUT2D eigenvalue weighted by Crippen LogP contribution is 2.39. The van der Waals surface area contributed by atoms with Gasteiger partial charge in [-0.1, -0.05) is 36.6 Å². The van der Waals surface area contributed by atoms with E-state index in [1.807, 2.05) is 24.3 Å². The van der Waals surface area contributed by atoms with Crippen LogP contribution >= 0.6 is 11.6 Å².